The Morgan fingerprint density at radius 3 is 2.75 bits per heavy atom. The number of nitrogens with one attached hydrogen (secondary N) is 1. The molecule has 0 unspecified atom stereocenters. The fourth-order valence-corrected chi connectivity index (χ4v) is 3.22. The van der Waals surface area contributed by atoms with Gasteiger partial charge in [-0.3, -0.25) is 14.5 Å². The molecule has 146 valence electrons. The first-order valence-electron chi connectivity index (χ1n) is 8.81. The van der Waals surface area contributed by atoms with Crippen LogP contribution in [0.4, 0.5) is 13.2 Å². The highest BCUT2D eigenvalue weighted by atomic mass is 19.3. The smallest absolute Gasteiger partial charge is 0.266 e. The van der Waals surface area contributed by atoms with Crippen LogP contribution in [-0.2, 0) is 11.3 Å². The third-order valence-corrected chi connectivity index (χ3v) is 4.99. The number of pyridine rings is 1. The minimum atomic E-state index is -2.90. The summed E-state index contributed by atoms with van der Waals surface area (Å²) < 4.78 is 41.1. The highest BCUT2D eigenvalue weighted by molar-refractivity contribution is 5.83. The van der Waals surface area contributed by atoms with Gasteiger partial charge in [-0.1, -0.05) is 6.07 Å². The van der Waals surface area contributed by atoms with Crippen LogP contribution in [-0.4, -0.2) is 51.8 Å². The average molecular weight is 389 g/mol. The predicted molar refractivity (Wildman–Crippen MR) is 97.3 cm³/mol. The van der Waals surface area contributed by atoms with Crippen LogP contribution in [0.5, 0.6) is 0 Å². The maximum absolute atomic E-state index is 13.6. The van der Waals surface area contributed by atoms with Crippen molar-refractivity contribution < 1.29 is 18.0 Å². The molecule has 1 fully saturated rings. The van der Waals surface area contributed by atoms with Crippen molar-refractivity contribution in [1.82, 2.24) is 25.0 Å². The number of rotatable bonds is 5. The molecule has 2 aromatic heterocycles. The molecule has 4 rings (SSSR count). The zero-order valence-electron chi connectivity index (χ0n) is 15.1. The Balaban J connectivity index is 1.62. The molecule has 1 aliphatic heterocycles. The molecule has 0 saturated carbocycles. The molecule has 1 aromatic carbocycles. The van der Waals surface area contributed by atoms with Gasteiger partial charge in [0.25, 0.3) is 6.43 Å². The molecule has 0 radical (unpaired) electrons. The summed E-state index contributed by atoms with van der Waals surface area (Å²) in [6.07, 6.45) is 0.164. The second-order valence-electron chi connectivity index (χ2n) is 6.75. The second kappa shape index (κ2) is 7.23. The molecular weight excluding hydrogens is 371 g/mol. The lowest BCUT2D eigenvalue weighted by molar-refractivity contribution is -0.136. The zero-order valence-corrected chi connectivity index (χ0v) is 15.1. The number of carbonyl (C=O) groups is 1. The molecule has 6 nitrogen and oxygen atoms in total. The van der Waals surface area contributed by atoms with Gasteiger partial charge >= 0.3 is 0 Å². The van der Waals surface area contributed by atoms with E-state index in [1.165, 1.54) is 12.3 Å². The number of hydrogen-bond acceptors (Lipinski definition) is 4. The number of halogens is 3. The fourth-order valence-electron chi connectivity index (χ4n) is 3.22. The van der Waals surface area contributed by atoms with Crippen molar-refractivity contribution in [3.05, 3.63) is 48.0 Å². The number of fused-ring (bicyclic) bond motifs is 1. The van der Waals surface area contributed by atoms with Crippen molar-refractivity contribution >= 4 is 16.9 Å². The highest BCUT2D eigenvalue weighted by Gasteiger charge is 2.29. The number of amides is 1. The van der Waals surface area contributed by atoms with Crippen LogP contribution < -0.4 is 5.32 Å². The minimum Gasteiger partial charge on any atom is -0.338 e. The third-order valence-electron chi connectivity index (χ3n) is 4.99. The van der Waals surface area contributed by atoms with Gasteiger partial charge in [0.2, 0.25) is 5.91 Å². The number of benzene rings is 1. The number of nitrogens with zero attached hydrogens (tertiary/aromatic N) is 4. The van der Waals surface area contributed by atoms with Gasteiger partial charge in [0, 0.05) is 30.9 Å². The van der Waals surface area contributed by atoms with E-state index in [1.807, 2.05) is 7.05 Å². The topological polar surface area (TPSA) is 63.1 Å². The lowest BCUT2D eigenvalue weighted by atomic mass is 10.0. The van der Waals surface area contributed by atoms with E-state index in [1.54, 1.807) is 21.8 Å². The van der Waals surface area contributed by atoms with E-state index in [9.17, 15) is 18.0 Å². The van der Waals surface area contributed by atoms with Crippen LogP contribution in [0.3, 0.4) is 0 Å². The molecule has 9 heteroatoms. The first-order chi connectivity index (χ1) is 13.5. The summed E-state index contributed by atoms with van der Waals surface area (Å²) in [5, 5.41) is 7.33. The van der Waals surface area contributed by atoms with Gasteiger partial charge in [-0.25, -0.2) is 13.2 Å². The Morgan fingerprint density at radius 1 is 1.25 bits per heavy atom. The van der Waals surface area contributed by atoms with Crippen molar-refractivity contribution in [2.75, 3.05) is 20.1 Å². The number of likely N-dealkylation sites (N-methyl/N-ethyl adjacent to an activating group) is 1. The molecule has 0 atom stereocenters. The Morgan fingerprint density at radius 2 is 2.04 bits per heavy atom. The summed E-state index contributed by atoms with van der Waals surface area (Å²) in [7, 11) is 1.86. The summed E-state index contributed by atoms with van der Waals surface area (Å²) in [6, 6.07) is 5.59. The number of likely N-dealkylation sites (tertiary alicyclic amines) is 1. The van der Waals surface area contributed by atoms with Gasteiger partial charge in [-0.15, -0.1) is 0 Å². The van der Waals surface area contributed by atoms with Crippen molar-refractivity contribution in [1.29, 1.82) is 0 Å². The third kappa shape index (κ3) is 3.33. The number of carbonyl (C=O) groups excluding carboxylic acids is 1. The summed E-state index contributed by atoms with van der Waals surface area (Å²) in [5.74, 6) is -0.999. The molecule has 1 saturated heterocycles. The molecule has 3 aromatic rings. The molecule has 3 heterocycles. The number of hydrogen-bond donors (Lipinski definition) is 1. The first kappa shape index (κ1) is 18.4. The predicted octanol–water partition coefficient (Wildman–Crippen LogP) is 2.61. The monoisotopic (exact) mass is 389 g/mol. The minimum absolute atomic E-state index is 0.0522. The van der Waals surface area contributed by atoms with E-state index < -0.39 is 17.8 Å². The molecule has 0 spiro atoms. The fraction of sp³-hybridized carbons (Fsp3) is 0.316. The number of aromatic nitrogens is 3. The van der Waals surface area contributed by atoms with Crippen LogP contribution in [0.2, 0.25) is 0 Å². The first-order valence-corrected chi connectivity index (χ1v) is 8.81. The van der Waals surface area contributed by atoms with Gasteiger partial charge in [-0.2, -0.15) is 5.10 Å². The van der Waals surface area contributed by atoms with E-state index >= 15 is 0 Å². The normalized spacial score (nSPS) is 14.7. The maximum Gasteiger partial charge on any atom is 0.266 e. The molecule has 1 N–H and O–H groups in total. The molecule has 1 amide bonds. The summed E-state index contributed by atoms with van der Waals surface area (Å²) >= 11 is 0. The van der Waals surface area contributed by atoms with Crippen LogP contribution in [0.15, 0.2) is 36.7 Å². The molecule has 0 bridgehead atoms. The van der Waals surface area contributed by atoms with Gasteiger partial charge in [0.15, 0.2) is 0 Å². The van der Waals surface area contributed by atoms with Gasteiger partial charge in [-0.05, 0) is 30.8 Å². The Kier molecular flexibility index (Phi) is 4.76. The summed E-state index contributed by atoms with van der Waals surface area (Å²) in [6.45, 7) is 1.38. The Bertz CT molecular complexity index is 1030. The van der Waals surface area contributed by atoms with Crippen LogP contribution in [0, 0.1) is 5.82 Å². The molecule has 28 heavy (non-hydrogen) atoms. The van der Waals surface area contributed by atoms with E-state index in [0.717, 1.165) is 12.1 Å². The molecular formula is C19H18F3N5O. The SMILES string of the molecule is CNC1CN(C(=O)Cn2ncc3ncc(-c4ccc(F)c(C(F)F)c4)cc32)C1. The van der Waals surface area contributed by atoms with Crippen molar-refractivity contribution in [2.24, 2.45) is 0 Å². The standard InChI is InChI=1S/C19H18F3N5O/c1-23-13-8-26(9-13)18(28)10-27-17-5-12(6-24-16(17)7-25-27)11-2-3-15(20)14(4-11)19(21)22/h2-7,13,19,23H,8-10H2,1H3. The average Bonchev–Trinajstić information content (AvgIpc) is 3.03. The van der Waals surface area contributed by atoms with Gasteiger partial charge < -0.3 is 10.2 Å². The quantitative estimate of drug-likeness (QED) is 0.729. The Hall–Kier alpha value is -2.94. The summed E-state index contributed by atoms with van der Waals surface area (Å²) in [5.41, 5.74) is 1.51. The number of alkyl halides is 2. The van der Waals surface area contributed by atoms with E-state index in [2.05, 4.69) is 15.4 Å². The van der Waals surface area contributed by atoms with E-state index in [-0.39, 0.29) is 12.5 Å². The van der Waals surface area contributed by atoms with E-state index in [0.29, 0.717) is 41.3 Å². The maximum atomic E-state index is 13.6. The van der Waals surface area contributed by atoms with Crippen molar-refractivity contribution in [2.45, 2.75) is 19.0 Å². The van der Waals surface area contributed by atoms with Crippen LogP contribution in [0.1, 0.15) is 12.0 Å². The zero-order chi connectivity index (χ0) is 19.8. The van der Waals surface area contributed by atoms with Gasteiger partial charge in [0.1, 0.15) is 17.9 Å². The lowest BCUT2D eigenvalue weighted by Crippen LogP contribution is -2.59. The lowest BCUT2D eigenvalue weighted by Gasteiger charge is -2.39. The van der Waals surface area contributed by atoms with Crippen molar-refractivity contribution in [3.63, 3.8) is 0 Å². The van der Waals surface area contributed by atoms with Crippen molar-refractivity contribution in [3.8, 4) is 11.1 Å². The van der Waals surface area contributed by atoms with Crippen LogP contribution in [0.25, 0.3) is 22.2 Å². The van der Waals surface area contributed by atoms with E-state index in [4.69, 9.17) is 0 Å². The molecule has 1 aliphatic rings. The summed E-state index contributed by atoms with van der Waals surface area (Å²) in [4.78, 5) is 18.4. The van der Waals surface area contributed by atoms with Crippen LogP contribution >= 0.6 is 0 Å². The highest BCUT2D eigenvalue weighted by Crippen LogP contribution is 2.29. The van der Waals surface area contributed by atoms with Gasteiger partial charge in [0.05, 0.1) is 17.3 Å². The second-order valence-corrected chi connectivity index (χ2v) is 6.75. The molecule has 0 aliphatic carbocycles. The largest absolute Gasteiger partial charge is 0.338 e. The Labute approximate surface area is 159 Å².